The molecule has 0 fully saturated rings. The van der Waals surface area contributed by atoms with E-state index in [4.69, 9.17) is 0 Å². The number of aromatic nitrogens is 2. The fourth-order valence-corrected chi connectivity index (χ4v) is 1.63. The second-order valence-electron chi connectivity index (χ2n) is 2.99. The van der Waals surface area contributed by atoms with Crippen LogP contribution in [0, 0.1) is 0 Å². The Balaban J connectivity index is 2.41. The summed E-state index contributed by atoms with van der Waals surface area (Å²) in [6, 6.07) is 0.672. The Bertz CT molecular complexity index is 227. The van der Waals surface area contributed by atoms with Gasteiger partial charge in [-0.05, 0) is 19.8 Å². The Hall–Kier alpha value is -0.790. The highest BCUT2D eigenvalue weighted by Crippen LogP contribution is 2.22. The van der Waals surface area contributed by atoms with Crippen LogP contribution in [0.3, 0.4) is 0 Å². The van der Waals surface area contributed by atoms with Crippen molar-refractivity contribution in [1.29, 1.82) is 0 Å². The van der Waals surface area contributed by atoms with Gasteiger partial charge in [0.25, 0.3) is 0 Å². The van der Waals surface area contributed by atoms with E-state index in [0.717, 1.165) is 6.42 Å². The van der Waals surface area contributed by atoms with Crippen LogP contribution < -0.4 is 0 Å². The van der Waals surface area contributed by atoms with Gasteiger partial charge in [-0.3, -0.25) is 0 Å². The normalized spacial score (nSPS) is 24.3. The van der Waals surface area contributed by atoms with Gasteiger partial charge in [-0.2, -0.15) is 0 Å². The fourth-order valence-electron chi connectivity index (χ4n) is 1.63. The van der Waals surface area contributed by atoms with Crippen LogP contribution in [0.4, 0.5) is 0 Å². The molecule has 0 N–H and O–H groups in total. The molecule has 10 heavy (non-hydrogen) atoms. The van der Waals surface area contributed by atoms with Gasteiger partial charge < -0.3 is 4.57 Å². The lowest BCUT2D eigenvalue weighted by Gasteiger charge is -2.20. The van der Waals surface area contributed by atoms with Crippen molar-refractivity contribution in [1.82, 2.24) is 9.55 Å². The van der Waals surface area contributed by atoms with Crippen LogP contribution in [0.25, 0.3) is 0 Å². The molecule has 1 aromatic rings. The molecule has 1 aliphatic heterocycles. The molecule has 0 aliphatic carbocycles. The molecule has 0 amide bonds. The molecule has 0 saturated carbocycles. The zero-order chi connectivity index (χ0) is 6.97. The molecule has 2 rings (SSSR count). The van der Waals surface area contributed by atoms with E-state index in [1.165, 1.54) is 18.7 Å². The molecule has 0 bridgehead atoms. The van der Waals surface area contributed by atoms with Crippen LogP contribution in [0.15, 0.2) is 12.4 Å². The van der Waals surface area contributed by atoms with E-state index in [-0.39, 0.29) is 0 Å². The summed E-state index contributed by atoms with van der Waals surface area (Å²) in [4.78, 5) is 4.27. The van der Waals surface area contributed by atoms with Gasteiger partial charge in [-0.25, -0.2) is 4.98 Å². The Labute approximate surface area is 60.9 Å². The number of hydrogen-bond donors (Lipinski definition) is 0. The van der Waals surface area contributed by atoms with E-state index in [2.05, 4.69) is 22.7 Å². The first kappa shape index (κ1) is 5.96. The first-order valence-corrected chi connectivity index (χ1v) is 3.89. The topological polar surface area (TPSA) is 17.8 Å². The van der Waals surface area contributed by atoms with Gasteiger partial charge in [0.05, 0.1) is 0 Å². The number of nitrogens with zero attached hydrogens (tertiary/aromatic N) is 2. The second-order valence-corrected chi connectivity index (χ2v) is 2.99. The minimum atomic E-state index is 0.672. The minimum absolute atomic E-state index is 0.672. The molecular formula is C8H12N2. The highest BCUT2D eigenvalue weighted by molar-refractivity contribution is 4.97. The lowest BCUT2D eigenvalue weighted by molar-refractivity contribution is 0.426. The van der Waals surface area contributed by atoms with Crippen LogP contribution in [-0.2, 0) is 6.42 Å². The highest BCUT2D eigenvalue weighted by Gasteiger charge is 2.14. The molecule has 1 aliphatic rings. The molecule has 0 aromatic carbocycles. The van der Waals surface area contributed by atoms with Crippen molar-refractivity contribution in [2.45, 2.75) is 32.2 Å². The average Bonchev–Trinajstić information content (AvgIpc) is 2.36. The summed E-state index contributed by atoms with van der Waals surface area (Å²) < 4.78 is 2.28. The van der Waals surface area contributed by atoms with Gasteiger partial charge in [-0.15, -0.1) is 0 Å². The van der Waals surface area contributed by atoms with E-state index in [1.807, 2.05) is 6.20 Å². The summed E-state index contributed by atoms with van der Waals surface area (Å²) in [6.45, 7) is 2.25. The summed E-state index contributed by atoms with van der Waals surface area (Å²) >= 11 is 0. The van der Waals surface area contributed by atoms with Crippen LogP contribution in [-0.4, -0.2) is 9.55 Å². The zero-order valence-electron chi connectivity index (χ0n) is 6.25. The molecule has 0 radical (unpaired) electrons. The lowest BCUT2D eigenvalue weighted by atomic mass is 10.1. The molecule has 54 valence electrons. The van der Waals surface area contributed by atoms with Crippen molar-refractivity contribution in [3.8, 4) is 0 Å². The SMILES string of the molecule is C[C@H]1CCCc2nccn21. The van der Waals surface area contributed by atoms with Crippen LogP contribution >= 0.6 is 0 Å². The predicted octanol–water partition coefficient (Wildman–Crippen LogP) is 1.78. The predicted molar refractivity (Wildman–Crippen MR) is 39.9 cm³/mol. The molecule has 2 heterocycles. The molecule has 0 saturated heterocycles. The molecular weight excluding hydrogens is 124 g/mol. The van der Waals surface area contributed by atoms with Gasteiger partial charge in [0, 0.05) is 24.9 Å². The number of hydrogen-bond acceptors (Lipinski definition) is 1. The molecule has 2 heteroatoms. The van der Waals surface area contributed by atoms with E-state index in [1.54, 1.807) is 0 Å². The summed E-state index contributed by atoms with van der Waals surface area (Å²) in [5.41, 5.74) is 0. The Morgan fingerprint density at radius 3 is 3.40 bits per heavy atom. The van der Waals surface area contributed by atoms with Crippen molar-refractivity contribution in [3.05, 3.63) is 18.2 Å². The Morgan fingerprint density at radius 2 is 2.60 bits per heavy atom. The van der Waals surface area contributed by atoms with E-state index >= 15 is 0 Å². The lowest BCUT2D eigenvalue weighted by Crippen LogP contribution is -2.14. The zero-order valence-corrected chi connectivity index (χ0v) is 6.25. The third kappa shape index (κ3) is 0.753. The molecule has 0 spiro atoms. The van der Waals surface area contributed by atoms with Crippen LogP contribution in [0.2, 0.25) is 0 Å². The van der Waals surface area contributed by atoms with Crippen molar-refractivity contribution in [2.75, 3.05) is 0 Å². The molecule has 1 aromatic heterocycles. The Kier molecular flexibility index (Phi) is 1.26. The van der Waals surface area contributed by atoms with E-state index in [9.17, 15) is 0 Å². The smallest absolute Gasteiger partial charge is 0.108 e. The van der Waals surface area contributed by atoms with Gasteiger partial charge in [0.15, 0.2) is 0 Å². The third-order valence-electron chi connectivity index (χ3n) is 2.25. The highest BCUT2D eigenvalue weighted by atomic mass is 15.1. The average molecular weight is 136 g/mol. The fraction of sp³-hybridized carbons (Fsp3) is 0.625. The molecule has 0 unspecified atom stereocenters. The van der Waals surface area contributed by atoms with Gasteiger partial charge in [0.2, 0.25) is 0 Å². The van der Waals surface area contributed by atoms with Crippen molar-refractivity contribution < 1.29 is 0 Å². The van der Waals surface area contributed by atoms with Gasteiger partial charge in [-0.1, -0.05) is 0 Å². The Morgan fingerprint density at radius 1 is 1.70 bits per heavy atom. The maximum atomic E-state index is 4.27. The first-order valence-electron chi connectivity index (χ1n) is 3.89. The second kappa shape index (κ2) is 2.11. The summed E-state index contributed by atoms with van der Waals surface area (Å²) in [5.74, 6) is 1.26. The minimum Gasteiger partial charge on any atom is -0.332 e. The van der Waals surface area contributed by atoms with E-state index < -0.39 is 0 Å². The van der Waals surface area contributed by atoms with Crippen LogP contribution in [0.5, 0.6) is 0 Å². The first-order chi connectivity index (χ1) is 4.88. The summed E-state index contributed by atoms with van der Waals surface area (Å²) in [7, 11) is 0. The van der Waals surface area contributed by atoms with Crippen LogP contribution in [0.1, 0.15) is 31.6 Å². The third-order valence-corrected chi connectivity index (χ3v) is 2.25. The standard InChI is InChI=1S/C8H12N2/c1-7-3-2-4-8-9-5-6-10(7)8/h5-7H,2-4H2,1H3/t7-/m0/s1. The largest absolute Gasteiger partial charge is 0.332 e. The number of imidazole rings is 1. The molecule has 1 atom stereocenters. The maximum Gasteiger partial charge on any atom is 0.108 e. The quantitative estimate of drug-likeness (QED) is 0.531. The summed E-state index contributed by atoms with van der Waals surface area (Å²) in [6.07, 6.45) is 7.76. The number of rotatable bonds is 0. The van der Waals surface area contributed by atoms with Gasteiger partial charge >= 0.3 is 0 Å². The monoisotopic (exact) mass is 136 g/mol. The molecule has 2 nitrogen and oxygen atoms in total. The van der Waals surface area contributed by atoms with Crippen molar-refractivity contribution in [3.63, 3.8) is 0 Å². The number of aryl methyl sites for hydroxylation is 1. The van der Waals surface area contributed by atoms with E-state index in [0.29, 0.717) is 6.04 Å². The van der Waals surface area contributed by atoms with Gasteiger partial charge in [0.1, 0.15) is 5.82 Å². The van der Waals surface area contributed by atoms with Crippen molar-refractivity contribution in [2.24, 2.45) is 0 Å². The maximum absolute atomic E-state index is 4.27. The van der Waals surface area contributed by atoms with Crippen molar-refractivity contribution >= 4 is 0 Å². The summed E-state index contributed by atoms with van der Waals surface area (Å²) in [5, 5.41) is 0. The number of fused-ring (bicyclic) bond motifs is 1.